The van der Waals surface area contributed by atoms with Gasteiger partial charge in [0.1, 0.15) is 0 Å². The van der Waals surface area contributed by atoms with Crippen LogP contribution >= 0.6 is 0 Å². The molecule has 1 aliphatic heterocycles. The van der Waals surface area contributed by atoms with Crippen LogP contribution in [-0.2, 0) is 9.47 Å². The number of nitrogens with one attached hydrogen (secondary N) is 1. The highest BCUT2D eigenvalue weighted by Gasteiger charge is 2.40. The summed E-state index contributed by atoms with van der Waals surface area (Å²) in [7, 11) is 0. The van der Waals surface area contributed by atoms with Crippen LogP contribution in [0.2, 0.25) is 0 Å². The van der Waals surface area contributed by atoms with Crippen LogP contribution in [0.25, 0.3) is 0 Å². The van der Waals surface area contributed by atoms with Crippen molar-refractivity contribution in [2.24, 2.45) is 0 Å². The first-order valence-electron chi connectivity index (χ1n) is 7.50. The third-order valence-electron chi connectivity index (χ3n) is 4.33. The minimum Gasteiger partial charge on any atom is -0.389 e. The van der Waals surface area contributed by atoms with Crippen LogP contribution in [0.4, 0.5) is 5.69 Å². The molecule has 1 aromatic rings. The summed E-state index contributed by atoms with van der Waals surface area (Å²) < 4.78 is 11.5. The molecular formula is C16H23NO3. The van der Waals surface area contributed by atoms with Crippen LogP contribution in [0.5, 0.6) is 0 Å². The van der Waals surface area contributed by atoms with Crippen LogP contribution in [0.15, 0.2) is 24.3 Å². The van der Waals surface area contributed by atoms with Gasteiger partial charge in [0, 0.05) is 30.1 Å². The highest BCUT2D eigenvalue weighted by Crippen LogP contribution is 2.37. The molecule has 1 aromatic carbocycles. The molecule has 1 spiro atoms. The van der Waals surface area contributed by atoms with Gasteiger partial charge in [-0.1, -0.05) is 18.2 Å². The fourth-order valence-corrected chi connectivity index (χ4v) is 3.20. The molecule has 1 saturated carbocycles. The van der Waals surface area contributed by atoms with Gasteiger partial charge in [-0.2, -0.15) is 0 Å². The van der Waals surface area contributed by atoms with Gasteiger partial charge in [-0.3, -0.25) is 0 Å². The van der Waals surface area contributed by atoms with Crippen molar-refractivity contribution in [1.29, 1.82) is 0 Å². The Balaban J connectivity index is 1.62. The van der Waals surface area contributed by atoms with Crippen molar-refractivity contribution in [3.05, 3.63) is 29.8 Å². The Labute approximate surface area is 120 Å². The number of para-hydroxylation sites is 1. The molecule has 2 aliphatic rings. The first kappa shape index (κ1) is 13.9. The second kappa shape index (κ2) is 5.72. The zero-order chi connectivity index (χ0) is 14.0. The average Bonchev–Trinajstić information content (AvgIpc) is 2.90. The van der Waals surface area contributed by atoms with Crippen molar-refractivity contribution in [1.82, 2.24) is 0 Å². The normalized spacial score (nSPS) is 23.9. The number of aliphatic hydroxyl groups excluding tert-OH is 1. The maximum absolute atomic E-state index is 9.82. The molecular weight excluding hydrogens is 254 g/mol. The van der Waals surface area contributed by atoms with Crippen molar-refractivity contribution >= 4 is 5.69 Å². The van der Waals surface area contributed by atoms with Gasteiger partial charge in [0.15, 0.2) is 5.79 Å². The quantitative estimate of drug-likeness (QED) is 0.892. The van der Waals surface area contributed by atoms with Gasteiger partial charge in [-0.25, -0.2) is 0 Å². The number of benzene rings is 1. The summed E-state index contributed by atoms with van der Waals surface area (Å²) in [5.74, 6) is -0.304. The molecule has 2 fully saturated rings. The van der Waals surface area contributed by atoms with E-state index in [1.54, 1.807) is 6.92 Å². The molecule has 3 rings (SSSR count). The lowest BCUT2D eigenvalue weighted by Gasteiger charge is -2.36. The summed E-state index contributed by atoms with van der Waals surface area (Å²) in [6.07, 6.45) is 3.51. The zero-order valence-corrected chi connectivity index (χ0v) is 12.0. The second-order valence-electron chi connectivity index (χ2n) is 5.79. The van der Waals surface area contributed by atoms with E-state index in [0.29, 0.717) is 6.04 Å². The van der Waals surface area contributed by atoms with E-state index in [1.807, 2.05) is 24.3 Å². The molecule has 0 bridgehead atoms. The molecule has 0 aromatic heterocycles. The van der Waals surface area contributed by atoms with Crippen LogP contribution in [-0.4, -0.2) is 30.1 Å². The summed E-state index contributed by atoms with van der Waals surface area (Å²) in [6, 6.07) is 8.40. The van der Waals surface area contributed by atoms with Crippen LogP contribution in [0.1, 0.15) is 44.3 Å². The number of rotatable bonds is 3. The Hall–Kier alpha value is -1.10. The molecule has 4 heteroatoms. The number of ether oxygens (including phenoxy) is 2. The maximum Gasteiger partial charge on any atom is 0.168 e. The van der Waals surface area contributed by atoms with Gasteiger partial charge >= 0.3 is 0 Å². The minimum atomic E-state index is -0.449. The minimum absolute atomic E-state index is 0.304. The summed E-state index contributed by atoms with van der Waals surface area (Å²) in [5, 5.41) is 13.4. The van der Waals surface area contributed by atoms with E-state index in [0.717, 1.165) is 50.1 Å². The SMILES string of the molecule is CC(O)c1ccccc1NC1CCC2(CC1)OCCO2. The fraction of sp³-hybridized carbons (Fsp3) is 0.625. The molecule has 1 heterocycles. The molecule has 4 nitrogen and oxygen atoms in total. The van der Waals surface area contributed by atoms with Gasteiger partial charge < -0.3 is 19.9 Å². The maximum atomic E-state index is 9.82. The Morgan fingerprint density at radius 1 is 1.20 bits per heavy atom. The van der Waals surface area contributed by atoms with Crippen molar-refractivity contribution in [2.75, 3.05) is 18.5 Å². The smallest absolute Gasteiger partial charge is 0.168 e. The lowest BCUT2D eigenvalue weighted by molar-refractivity contribution is -0.177. The van der Waals surface area contributed by atoms with E-state index in [9.17, 15) is 5.11 Å². The number of anilines is 1. The Morgan fingerprint density at radius 2 is 1.85 bits per heavy atom. The molecule has 0 radical (unpaired) electrons. The van der Waals surface area contributed by atoms with Crippen molar-refractivity contribution in [2.45, 2.75) is 50.5 Å². The molecule has 1 atom stereocenters. The van der Waals surface area contributed by atoms with Gasteiger partial charge in [0.05, 0.1) is 19.3 Å². The molecule has 1 aliphatic carbocycles. The average molecular weight is 277 g/mol. The number of hydrogen-bond donors (Lipinski definition) is 2. The fourth-order valence-electron chi connectivity index (χ4n) is 3.20. The second-order valence-corrected chi connectivity index (χ2v) is 5.79. The predicted molar refractivity (Wildman–Crippen MR) is 77.6 cm³/mol. The first-order chi connectivity index (χ1) is 9.69. The highest BCUT2D eigenvalue weighted by molar-refractivity contribution is 5.52. The first-order valence-corrected chi connectivity index (χ1v) is 7.50. The summed E-state index contributed by atoms with van der Waals surface area (Å²) in [4.78, 5) is 0. The van der Waals surface area contributed by atoms with Gasteiger partial charge in [0.2, 0.25) is 0 Å². The molecule has 1 saturated heterocycles. The molecule has 110 valence electrons. The third-order valence-corrected chi connectivity index (χ3v) is 4.33. The Morgan fingerprint density at radius 3 is 2.50 bits per heavy atom. The standard InChI is InChI=1S/C16H23NO3/c1-12(18)14-4-2-3-5-15(14)17-13-6-8-16(9-7-13)19-10-11-20-16/h2-5,12-13,17-18H,6-11H2,1H3. The lowest BCUT2D eigenvalue weighted by Crippen LogP contribution is -2.39. The molecule has 1 unspecified atom stereocenters. The van der Waals surface area contributed by atoms with Crippen LogP contribution in [0.3, 0.4) is 0 Å². The van der Waals surface area contributed by atoms with E-state index in [-0.39, 0.29) is 5.79 Å². The third kappa shape index (κ3) is 2.82. The summed E-state index contributed by atoms with van der Waals surface area (Å²) in [6.45, 7) is 3.25. The summed E-state index contributed by atoms with van der Waals surface area (Å²) >= 11 is 0. The zero-order valence-electron chi connectivity index (χ0n) is 12.0. The van der Waals surface area contributed by atoms with Crippen molar-refractivity contribution in [3.63, 3.8) is 0 Å². The van der Waals surface area contributed by atoms with E-state index < -0.39 is 6.10 Å². The van der Waals surface area contributed by atoms with E-state index in [2.05, 4.69) is 5.32 Å². The van der Waals surface area contributed by atoms with Gasteiger partial charge in [-0.15, -0.1) is 0 Å². The molecule has 20 heavy (non-hydrogen) atoms. The Bertz CT molecular complexity index is 445. The number of hydrogen-bond acceptors (Lipinski definition) is 4. The largest absolute Gasteiger partial charge is 0.389 e. The van der Waals surface area contributed by atoms with Gasteiger partial charge in [-0.05, 0) is 25.8 Å². The number of aliphatic hydroxyl groups is 1. The van der Waals surface area contributed by atoms with E-state index in [4.69, 9.17) is 9.47 Å². The van der Waals surface area contributed by atoms with Crippen LogP contribution in [0, 0.1) is 0 Å². The monoisotopic (exact) mass is 277 g/mol. The van der Waals surface area contributed by atoms with Crippen molar-refractivity contribution < 1.29 is 14.6 Å². The Kier molecular flexibility index (Phi) is 3.96. The van der Waals surface area contributed by atoms with Gasteiger partial charge in [0.25, 0.3) is 0 Å². The lowest BCUT2D eigenvalue weighted by atomic mass is 9.89. The van der Waals surface area contributed by atoms with E-state index in [1.165, 1.54) is 0 Å². The summed E-state index contributed by atoms with van der Waals surface area (Å²) in [5.41, 5.74) is 2.00. The highest BCUT2D eigenvalue weighted by atomic mass is 16.7. The van der Waals surface area contributed by atoms with E-state index >= 15 is 0 Å². The molecule has 2 N–H and O–H groups in total. The van der Waals surface area contributed by atoms with Crippen molar-refractivity contribution in [3.8, 4) is 0 Å². The van der Waals surface area contributed by atoms with Crippen LogP contribution < -0.4 is 5.32 Å². The topological polar surface area (TPSA) is 50.7 Å². The molecule has 0 amide bonds. The predicted octanol–water partition coefficient (Wildman–Crippen LogP) is 2.84.